The Labute approximate surface area is 169 Å². The van der Waals surface area contributed by atoms with E-state index in [2.05, 4.69) is 10.3 Å². The van der Waals surface area contributed by atoms with Gasteiger partial charge in [-0.15, -0.1) is 11.3 Å². The fraction of sp³-hybridized carbons (Fsp3) is 0.111. The monoisotopic (exact) mass is 435 g/mol. The number of rotatable bonds is 2. The smallest absolute Gasteiger partial charge is 0.278 e. The molecule has 0 spiro atoms. The quantitative estimate of drug-likeness (QED) is 0.638. The summed E-state index contributed by atoms with van der Waals surface area (Å²) in [6.07, 6.45) is 1.52. The van der Waals surface area contributed by atoms with Gasteiger partial charge in [0.2, 0.25) is 0 Å². The van der Waals surface area contributed by atoms with Crippen molar-refractivity contribution in [3.05, 3.63) is 57.7 Å². The standard InChI is InChI=1S/C18H14ClN3O4S2/c1-9-5-6-20-13(7-9)21-18(24)14-15(23)16-17(28(25,26)22(14)2)11-4-3-10(19)8-12(11)27-16/h3-8,23H,1-2H3,(H,20,21,24). The van der Waals surface area contributed by atoms with Crippen LogP contribution in [0.2, 0.25) is 5.02 Å². The highest BCUT2D eigenvalue weighted by Crippen LogP contribution is 2.45. The predicted octanol–water partition coefficient (Wildman–Crippen LogP) is 3.76. The van der Waals surface area contributed by atoms with Crippen molar-refractivity contribution in [2.24, 2.45) is 0 Å². The maximum absolute atomic E-state index is 13.1. The van der Waals surface area contributed by atoms with Gasteiger partial charge in [-0.3, -0.25) is 9.10 Å². The number of benzene rings is 1. The number of halogens is 1. The summed E-state index contributed by atoms with van der Waals surface area (Å²) in [4.78, 5) is 16.9. The summed E-state index contributed by atoms with van der Waals surface area (Å²) in [6.45, 7) is 1.83. The number of aryl methyl sites for hydroxylation is 1. The Kier molecular flexibility index (Phi) is 4.33. The lowest BCUT2D eigenvalue weighted by atomic mass is 10.2. The van der Waals surface area contributed by atoms with Gasteiger partial charge in [-0.2, -0.15) is 0 Å². The summed E-state index contributed by atoms with van der Waals surface area (Å²) < 4.78 is 27.6. The van der Waals surface area contributed by atoms with Crippen LogP contribution < -0.4 is 5.32 Å². The van der Waals surface area contributed by atoms with Gasteiger partial charge < -0.3 is 10.4 Å². The zero-order valence-electron chi connectivity index (χ0n) is 14.7. The number of aliphatic hydroxyl groups is 1. The normalized spacial score (nSPS) is 15.6. The molecule has 2 N–H and O–H groups in total. The fourth-order valence-corrected chi connectivity index (χ4v) is 6.30. The van der Waals surface area contributed by atoms with Crippen molar-refractivity contribution in [2.45, 2.75) is 11.8 Å². The SMILES string of the molecule is Cc1ccnc(NC(=O)C2=C(O)c3sc4cc(Cl)ccc4c3S(=O)(=O)N2C)c1. The second kappa shape index (κ2) is 6.47. The maximum atomic E-state index is 13.1. The zero-order valence-corrected chi connectivity index (χ0v) is 17.1. The molecule has 1 aliphatic rings. The summed E-state index contributed by atoms with van der Waals surface area (Å²) >= 11 is 7.06. The van der Waals surface area contributed by atoms with E-state index in [1.165, 1.54) is 13.2 Å². The third-order valence-corrected chi connectivity index (χ3v) is 7.72. The van der Waals surface area contributed by atoms with Crippen LogP contribution in [0.1, 0.15) is 10.4 Å². The van der Waals surface area contributed by atoms with Crippen molar-refractivity contribution in [3.8, 4) is 0 Å². The maximum Gasteiger partial charge on any atom is 0.278 e. The van der Waals surface area contributed by atoms with Crippen molar-refractivity contribution in [1.82, 2.24) is 9.29 Å². The van der Waals surface area contributed by atoms with Gasteiger partial charge in [0.1, 0.15) is 10.7 Å². The summed E-state index contributed by atoms with van der Waals surface area (Å²) in [5.74, 6) is -0.928. The molecule has 1 aliphatic heterocycles. The van der Waals surface area contributed by atoms with Crippen molar-refractivity contribution >= 4 is 60.5 Å². The molecule has 0 unspecified atom stereocenters. The van der Waals surface area contributed by atoms with Gasteiger partial charge in [-0.25, -0.2) is 13.4 Å². The van der Waals surface area contributed by atoms with E-state index >= 15 is 0 Å². The van der Waals surface area contributed by atoms with Crippen LogP contribution in [0, 0.1) is 6.92 Å². The average molecular weight is 436 g/mol. The molecule has 7 nitrogen and oxygen atoms in total. The van der Waals surface area contributed by atoms with Crippen LogP contribution in [0.15, 0.2) is 47.1 Å². The van der Waals surface area contributed by atoms with E-state index in [-0.39, 0.29) is 21.3 Å². The molecule has 0 saturated carbocycles. The van der Waals surface area contributed by atoms with Crippen molar-refractivity contribution < 1.29 is 18.3 Å². The Bertz CT molecular complexity index is 1280. The van der Waals surface area contributed by atoms with Crippen LogP contribution in [0.5, 0.6) is 0 Å². The third-order valence-electron chi connectivity index (χ3n) is 4.35. The van der Waals surface area contributed by atoms with Crippen LogP contribution in [0.25, 0.3) is 15.8 Å². The highest BCUT2D eigenvalue weighted by Gasteiger charge is 2.40. The number of carbonyl (C=O) groups is 1. The van der Waals surface area contributed by atoms with Crippen LogP contribution >= 0.6 is 22.9 Å². The zero-order chi connectivity index (χ0) is 20.2. The van der Waals surface area contributed by atoms with Gasteiger partial charge >= 0.3 is 0 Å². The van der Waals surface area contributed by atoms with Gasteiger partial charge in [0.15, 0.2) is 11.5 Å². The van der Waals surface area contributed by atoms with Gasteiger partial charge in [-0.05, 0) is 36.8 Å². The number of sulfonamides is 1. The Morgan fingerprint density at radius 2 is 2.04 bits per heavy atom. The molecule has 144 valence electrons. The molecule has 0 fully saturated rings. The van der Waals surface area contributed by atoms with Crippen molar-refractivity contribution in [2.75, 3.05) is 12.4 Å². The lowest BCUT2D eigenvalue weighted by Crippen LogP contribution is -2.36. The highest BCUT2D eigenvalue weighted by atomic mass is 35.5. The first-order valence-corrected chi connectivity index (χ1v) is 10.7. The molecule has 0 atom stereocenters. The van der Waals surface area contributed by atoms with Crippen LogP contribution in [0.4, 0.5) is 5.82 Å². The second-order valence-corrected chi connectivity index (χ2v) is 9.64. The van der Waals surface area contributed by atoms with E-state index in [0.29, 0.717) is 15.1 Å². The molecule has 0 bridgehead atoms. The van der Waals surface area contributed by atoms with Crippen LogP contribution in [0.3, 0.4) is 0 Å². The minimum atomic E-state index is -4.04. The first kappa shape index (κ1) is 18.7. The summed E-state index contributed by atoms with van der Waals surface area (Å²) in [6, 6.07) is 8.20. The number of pyridine rings is 1. The average Bonchev–Trinajstić information content (AvgIpc) is 3.00. The molecule has 1 amide bonds. The lowest BCUT2D eigenvalue weighted by Gasteiger charge is -2.26. The number of aromatic nitrogens is 1. The van der Waals surface area contributed by atoms with E-state index in [1.54, 1.807) is 30.3 Å². The molecule has 0 aliphatic carbocycles. The summed E-state index contributed by atoms with van der Waals surface area (Å²) in [5.41, 5.74) is 0.505. The van der Waals surface area contributed by atoms with Crippen LogP contribution in [-0.4, -0.2) is 35.8 Å². The van der Waals surface area contributed by atoms with E-state index in [9.17, 15) is 18.3 Å². The first-order valence-electron chi connectivity index (χ1n) is 8.09. The molecule has 0 radical (unpaired) electrons. The van der Waals surface area contributed by atoms with Gasteiger partial charge in [0.25, 0.3) is 15.9 Å². The van der Waals surface area contributed by atoms with Crippen LogP contribution in [-0.2, 0) is 14.8 Å². The van der Waals surface area contributed by atoms with Gasteiger partial charge in [-0.1, -0.05) is 17.7 Å². The first-order chi connectivity index (χ1) is 13.2. The molecule has 2 aromatic heterocycles. The predicted molar refractivity (Wildman–Crippen MR) is 109 cm³/mol. The molecule has 0 saturated heterocycles. The lowest BCUT2D eigenvalue weighted by molar-refractivity contribution is -0.113. The number of carbonyl (C=O) groups excluding carboxylic acids is 1. The summed E-state index contributed by atoms with van der Waals surface area (Å²) in [7, 11) is -2.81. The Morgan fingerprint density at radius 1 is 1.29 bits per heavy atom. The minimum absolute atomic E-state index is 0.0330. The molecular formula is C18H14ClN3O4S2. The fourth-order valence-electron chi connectivity index (χ4n) is 3.00. The molecule has 4 rings (SSSR count). The van der Waals surface area contributed by atoms with E-state index < -0.39 is 21.7 Å². The van der Waals surface area contributed by atoms with E-state index in [0.717, 1.165) is 21.2 Å². The summed E-state index contributed by atoms with van der Waals surface area (Å²) in [5, 5.41) is 14.2. The molecule has 10 heteroatoms. The minimum Gasteiger partial charge on any atom is -0.504 e. The number of aliphatic hydroxyl groups excluding tert-OH is 1. The second-order valence-electron chi connectivity index (χ2n) is 6.24. The highest BCUT2D eigenvalue weighted by molar-refractivity contribution is 7.89. The number of amides is 1. The van der Waals surface area contributed by atoms with Gasteiger partial charge in [0.05, 0.1) is 4.88 Å². The van der Waals surface area contributed by atoms with E-state index in [1.807, 2.05) is 6.92 Å². The number of anilines is 1. The number of nitrogens with one attached hydrogen (secondary N) is 1. The Hall–Kier alpha value is -2.62. The molecule has 28 heavy (non-hydrogen) atoms. The molecule has 3 heterocycles. The Morgan fingerprint density at radius 3 is 2.75 bits per heavy atom. The number of hydrogen-bond donors (Lipinski definition) is 2. The third kappa shape index (κ3) is 2.83. The van der Waals surface area contributed by atoms with E-state index in [4.69, 9.17) is 11.6 Å². The van der Waals surface area contributed by atoms with Crippen molar-refractivity contribution in [1.29, 1.82) is 0 Å². The van der Waals surface area contributed by atoms with Crippen molar-refractivity contribution in [3.63, 3.8) is 0 Å². The largest absolute Gasteiger partial charge is 0.504 e. The topological polar surface area (TPSA) is 99.6 Å². The number of fused-ring (bicyclic) bond motifs is 3. The van der Waals surface area contributed by atoms with Gasteiger partial charge in [0, 0.05) is 28.4 Å². The number of thiophene rings is 1. The molecule has 3 aromatic rings. The Balaban J connectivity index is 1.88. The molecular weight excluding hydrogens is 422 g/mol. The number of nitrogens with zero attached hydrogens (tertiary/aromatic N) is 2. The number of likely N-dealkylation sites (N-methyl/N-ethyl adjacent to an activating group) is 1. The molecule has 1 aromatic carbocycles. The number of hydrogen-bond acceptors (Lipinski definition) is 6.